The van der Waals surface area contributed by atoms with E-state index in [0.717, 1.165) is 85.4 Å². The topological polar surface area (TPSA) is 103 Å². The number of fused-ring (bicyclic) bond motifs is 1. The Hall–Kier alpha value is -3.28. The van der Waals surface area contributed by atoms with Crippen molar-refractivity contribution in [2.24, 2.45) is 5.92 Å². The molecule has 13 heteroatoms. The number of carbonyl (C=O) groups excluding carboxylic acids is 2. The van der Waals surface area contributed by atoms with Gasteiger partial charge in [0.2, 0.25) is 5.91 Å². The van der Waals surface area contributed by atoms with Crippen LogP contribution < -0.4 is 4.90 Å². The fraction of sp³-hybridized carbons (Fsp3) is 0.576. The molecular formula is C33H42Cl2N8O3. The van der Waals surface area contributed by atoms with Gasteiger partial charge in [0.1, 0.15) is 0 Å². The van der Waals surface area contributed by atoms with Gasteiger partial charge in [-0.15, -0.1) is 0 Å². The Morgan fingerprint density at radius 1 is 1.15 bits per heavy atom. The Morgan fingerprint density at radius 3 is 2.54 bits per heavy atom. The van der Waals surface area contributed by atoms with Gasteiger partial charge in [0, 0.05) is 74.1 Å². The Morgan fingerprint density at radius 2 is 1.89 bits per heavy atom. The van der Waals surface area contributed by atoms with Crippen LogP contribution in [0.4, 0.5) is 10.6 Å². The van der Waals surface area contributed by atoms with E-state index in [1.165, 1.54) is 6.08 Å². The molecule has 2 aromatic heterocycles. The largest absolute Gasteiger partial charge is 0.438 e. The number of likely N-dealkylation sites (N-methyl/N-ethyl adjacent to an activating group) is 1. The third-order valence-corrected chi connectivity index (χ3v) is 11.3. The molecule has 4 aliphatic rings. The lowest BCUT2D eigenvalue weighted by Crippen LogP contribution is -2.65. The molecule has 246 valence electrons. The first-order chi connectivity index (χ1) is 21.9. The monoisotopic (exact) mass is 668 g/mol. The second-order valence-corrected chi connectivity index (χ2v) is 15.1. The molecule has 7 rings (SSSR count). The first-order valence-electron chi connectivity index (χ1n) is 16.2. The predicted molar refractivity (Wildman–Crippen MR) is 180 cm³/mol. The summed E-state index contributed by atoms with van der Waals surface area (Å²) in [5, 5.41) is 14.6. The van der Waals surface area contributed by atoms with Gasteiger partial charge >= 0.3 is 6.09 Å². The number of likely N-dealkylation sites (tertiary alicyclic amines) is 2. The Balaban J connectivity index is 1.19. The van der Waals surface area contributed by atoms with Crippen LogP contribution in [-0.2, 0) is 9.53 Å². The number of hydrogen-bond acceptors (Lipinski definition) is 7. The zero-order valence-corrected chi connectivity index (χ0v) is 28.5. The number of hydrogen-bond donors (Lipinski definition) is 1. The number of aromatic amines is 1. The Labute approximate surface area is 279 Å². The van der Waals surface area contributed by atoms with E-state index in [4.69, 9.17) is 33.0 Å². The Kier molecular flexibility index (Phi) is 7.80. The first-order valence-corrected chi connectivity index (χ1v) is 16.9. The molecule has 0 unspecified atom stereocenters. The number of nitrogens with zero attached hydrogens (tertiary/aromatic N) is 7. The molecular weight excluding hydrogens is 627 g/mol. The number of piperidine rings is 2. The highest BCUT2D eigenvalue weighted by Crippen LogP contribution is 2.48. The summed E-state index contributed by atoms with van der Waals surface area (Å²) < 4.78 is 7.85. The van der Waals surface area contributed by atoms with Crippen molar-refractivity contribution in [3.05, 3.63) is 40.7 Å². The van der Waals surface area contributed by atoms with Crippen molar-refractivity contribution in [1.82, 2.24) is 34.7 Å². The molecule has 0 radical (unpaired) electrons. The third-order valence-electron chi connectivity index (χ3n) is 10.5. The standard InChI is InChI=1S/C33H42Cl2N8O3/c1-6-26(44)41-10-8-22(9-11-41)43-20(2)27(28-23-15-36-37-25(23)13-24(34)29(28)35)30(38-43)42-12-7-21(14-32(42,3)4)16-40-18-33(19-40)17-39(5)31(45)46-33/h6,13,15,21-22H,1,7-12,14,16-19H2,2-5H3,(H,36,37)/t21-/m1/s1. The van der Waals surface area contributed by atoms with Gasteiger partial charge in [-0.25, -0.2) is 4.79 Å². The van der Waals surface area contributed by atoms with Crippen LogP contribution in [0.25, 0.3) is 22.0 Å². The SMILES string of the molecule is C=CC(=O)N1CCC(n2nc(N3CC[C@@H](CN4CC5(C4)CN(C)C(=O)O5)CC3(C)C)c(-c3c(Cl)c(Cl)cc4[nH]ncc34)c2C)CC1. The Bertz CT molecular complexity index is 1700. The molecule has 6 heterocycles. The van der Waals surface area contributed by atoms with E-state index in [2.05, 4.69) is 52.0 Å². The summed E-state index contributed by atoms with van der Waals surface area (Å²) in [6.45, 7) is 15.8. The van der Waals surface area contributed by atoms with Crippen molar-refractivity contribution in [3.63, 3.8) is 0 Å². The van der Waals surface area contributed by atoms with E-state index in [0.29, 0.717) is 35.6 Å². The summed E-state index contributed by atoms with van der Waals surface area (Å²) in [6.07, 6.45) is 6.60. The van der Waals surface area contributed by atoms with E-state index in [-0.39, 0.29) is 29.2 Å². The summed E-state index contributed by atoms with van der Waals surface area (Å²) in [7, 11) is 1.80. The molecule has 11 nitrogen and oxygen atoms in total. The average molecular weight is 670 g/mol. The number of benzene rings is 1. The number of aromatic nitrogens is 4. The summed E-state index contributed by atoms with van der Waals surface area (Å²) in [4.78, 5) is 32.7. The highest BCUT2D eigenvalue weighted by Gasteiger charge is 2.53. The van der Waals surface area contributed by atoms with Gasteiger partial charge in [-0.2, -0.15) is 10.2 Å². The molecule has 2 amide bonds. The van der Waals surface area contributed by atoms with Crippen LogP contribution in [0.15, 0.2) is 24.9 Å². The van der Waals surface area contributed by atoms with Gasteiger partial charge < -0.3 is 19.4 Å². The molecule has 3 aromatic rings. The maximum absolute atomic E-state index is 12.3. The van der Waals surface area contributed by atoms with E-state index in [1.54, 1.807) is 11.9 Å². The van der Waals surface area contributed by atoms with Crippen LogP contribution >= 0.6 is 23.2 Å². The fourth-order valence-electron chi connectivity index (χ4n) is 8.38. The number of ether oxygens (including phenoxy) is 1. The third kappa shape index (κ3) is 5.24. The molecule has 1 N–H and O–H groups in total. The minimum absolute atomic E-state index is 0.0281. The lowest BCUT2D eigenvalue weighted by molar-refractivity contribution is -0.127. The molecule has 4 saturated heterocycles. The fourth-order valence-corrected chi connectivity index (χ4v) is 8.83. The van der Waals surface area contributed by atoms with Gasteiger partial charge in [-0.3, -0.25) is 19.5 Å². The average Bonchev–Trinajstić information content (AvgIpc) is 3.68. The van der Waals surface area contributed by atoms with Crippen LogP contribution in [0.2, 0.25) is 10.0 Å². The van der Waals surface area contributed by atoms with Crippen molar-refractivity contribution >= 4 is 51.9 Å². The number of carbonyl (C=O) groups is 2. The van der Waals surface area contributed by atoms with Gasteiger partial charge in [0.15, 0.2) is 11.4 Å². The van der Waals surface area contributed by atoms with Crippen molar-refractivity contribution in [2.45, 2.75) is 63.6 Å². The summed E-state index contributed by atoms with van der Waals surface area (Å²) >= 11 is 13.7. The maximum Gasteiger partial charge on any atom is 0.410 e. The van der Waals surface area contributed by atoms with Crippen LogP contribution in [-0.4, -0.2) is 111 Å². The van der Waals surface area contributed by atoms with Crippen molar-refractivity contribution in [2.75, 3.05) is 57.8 Å². The molecule has 4 aliphatic heterocycles. The lowest BCUT2D eigenvalue weighted by Gasteiger charge is -2.50. The van der Waals surface area contributed by atoms with Crippen LogP contribution in [0.5, 0.6) is 0 Å². The van der Waals surface area contributed by atoms with Gasteiger partial charge in [-0.1, -0.05) is 29.8 Å². The van der Waals surface area contributed by atoms with E-state index in [1.807, 2.05) is 17.2 Å². The van der Waals surface area contributed by atoms with E-state index in [9.17, 15) is 9.59 Å². The number of nitrogens with one attached hydrogen (secondary N) is 1. The van der Waals surface area contributed by atoms with Crippen LogP contribution in [0.3, 0.4) is 0 Å². The molecule has 1 atom stereocenters. The number of halogens is 2. The molecule has 1 aromatic carbocycles. The van der Waals surface area contributed by atoms with E-state index >= 15 is 0 Å². The predicted octanol–water partition coefficient (Wildman–Crippen LogP) is 5.52. The highest BCUT2D eigenvalue weighted by atomic mass is 35.5. The zero-order valence-electron chi connectivity index (χ0n) is 27.0. The highest BCUT2D eigenvalue weighted by molar-refractivity contribution is 6.45. The van der Waals surface area contributed by atoms with Gasteiger partial charge in [0.25, 0.3) is 0 Å². The quantitative estimate of drug-likeness (QED) is 0.345. The maximum atomic E-state index is 12.3. The molecule has 1 spiro atoms. The summed E-state index contributed by atoms with van der Waals surface area (Å²) in [6, 6.07) is 1.96. The molecule has 4 fully saturated rings. The molecule has 46 heavy (non-hydrogen) atoms. The minimum Gasteiger partial charge on any atom is -0.438 e. The first kappa shape index (κ1) is 31.3. The second-order valence-electron chi connectivity index (χ2n) is 14.3. The molecule has 0 bridgehead atoms. The van der Waals surface area contributed by atoms with E-state index < -0.39 is 0 Å². The van der Waals surface area contributed by atoms with Crippen molar-refractivity contribution in [3.8, 4) is 11.1 Å². The van der Waals surface area contributed by atoms with Crippen molar-refractivity contribution in [1.29, 1.82) is 0 Å². The smallest absolute Gasteiger partial charge is 0.410 e. The molecule has 0 aliphatic carbocycles. The summed E-state index contributed by atoms with van der Waals surface area (Å²) in [5.74, 6) is 1.38. The van der Waals surface area contributed by atoms with Crippen molar-refractivity contribution < 1.29 is 14.3 Å². The normalized spacial score (nSPS) is 23.3. The van der Waals surface area contributed by atoms with Gasteiger partial charge in [-0.05, 0) is 64.5 Å². The number of rotatable bonds is 6. The summed E-state index contributed by atoms with van der Waals surface area (Å²) in [5.41, 5.74) is 3.14. The van der Waals surface area contributed by atoms with Crippen LogP contribution in [0.1, 0.15) is 51.3 Å². The van der Waals surface area contributed by atoms with Gasteiger partial charge in [0.05, 0.1) is 34.3 Å². The number of amides is 2. The lowest BCUT2D eigenvalue weighted by atomic mass is 9.80. The second kappa shape index (κ2) is 11.5. The number of H-pyrrole nitrogens is 1. The number of anilines is 1. The van der Waals surface area contributed by atoms with Crippen LogP contribution in [0, 0.1) is 12.8 Å². The zero-order chi connectivity index (χ0) is 32.5. The molecule has 0 saturated carbocycles. The minimum atomic E-state index is -0.342.